The fraction of sp³-hybridized carbons (Fsp3) is 0.667. The number of unbranched alkanes of at least 4 members (excludes halogenated alkanes) is 4. The maximum atomic E-state index is 6.02. The molecule has 0 aliphatic carbocycles. The van der Waals surface area contributed by atoms with E-state index in [0.717, 1.165) is 12.8 Å². The Balaban J connectivity index is 3.10. The first-order valence-corrected chi connectivity index (χ1v) is 5.62. The molecule has 1 unspecified atom stereocenters. The van der Waals surface area contributed by atoms with E-state index in [1.807, 2.05) is 19.1 Å². The highest BCUT2D eigenvalue weighted by Crippen LogP contribution is 2.12. The van der Waals surface area contributed by atoms with Gasteiger partial charge in [-0.1, -0.05) is 37.5 Å². The second-order valence-electron chi connectivity index (χ2n) is 3.32. The van der Waals surface area contributed by atoms with Crippen molar-refractivity contribution in [3.05, 3.63) is 24.8 Å². The lowest BCUT2D eigenvalue weighted by Gasteiger charge is -2.03. The average molecular weight is 201 g/mol. The number of allylic oxidation sites excluding steroid dienone is 3. The van der Waals surface area contributed by atoms with Crippen LogP contribution >= 0.6 is 11.6 Å². The van der Waals surface area contributed by atoms with E-state index in [1.165, 1.54) is 25.7 Å². The maximum Gasteiger partial charge on any atom is 0.0515 e. The van der Waals surface area contributed by atoms with Crippen molar-refractivity contribution in [3.63, 3.8) is 0 Å². The third-order valence-corrected chi connectivity index (χ3v) is 2.40. The van der Waals surface area contributed by atoms with Gasteiger partial charge in [-0.25, -0.2) is 0 Å². The maximum absolute atomic E-state index is 6.02. The molecule has 0 aromatic rings. The number of rotatable bonds is 8. The van der Waals surface area contributed by atoms with E-state index in [0.29, 0.717) is 0 Å². The average Bonchev–Trinajstić information content (AvgIpc) is 2.11. The van der Waals surface area contributed by atoms with Crippen molar-refractivity contribution in [3.8, 4) is 0 Å². The third kappa shape index (κ3) is 9.69. The molecule has 76 valence electrons. The molecule has 0 N–H and O–H groups in total. The first-order valence-electron chi connectivity index (χ1n) is 5.19. The van der Waals surface area contributed by atoms with E-state index in [-0.39, 0.29) is 5.38 Å². The fourth-order valence-electron chi connectivity index (χ4n) is 1.29. The minimum absolute atomic E-state index is 0.240. The molecule has 1 heteroatoms. The molecule has 0 aromatic heterocycles. The summed E-state index contributed by atoms with van der Waals surface area (Å²) < 4.78 is 0. The predicted octanol–water partition coefficient (Wildman–Crippen LogP) is 4.70. The number of hydrogen-bond acceptors (Lipinski definition) is 0. The van der Waals surface area contributed by atoms with E-state index < -0.39 is 0 Å². The molecular weight excluding hydrogens is 180 g/mol. The molecule has 0 fully saturated rings. The van der Waals surface area contributed by atoms with Crippen molar-refractivity contribution >= 4 is 11.6 Å². The minimum atomic E-state index is 0.240. The normalized spacial score (nSPS) is 13.4. The zero-order chi connectivity index (χ0) is 9.94. The van der Waals surface area contributed by atoms with Gasteiger partial charge in [0.2, 0.25) is 0 Å². The van der Waals surface area contributed by atoms with Crippen molar-refractivity contribution in [2.75, 3.05) is 0 Å². The van der Waals surface area contributed by atoms with Crippen molar-refractivity contribution in [2.24, 2.45) is 0 Å². The van der Waals surface area contributed by atoms with Crippen LogP contribution < -0.4 is 0 Å². The first-order chi connectivity index (χ1) is 6.31. The summed E-state index contributed by atoms with van der Waals surface area (Å²) in [5.41, 5.74) is 0. The summed E-state index contributed by atoms with van der Waals surface area (Å²) in [4.78, 5) is 0. The summed E-state index contributed by atoms with van der Waals surface area (Å²) in [5, 5.41) is 0.240. The Morgan fingerprint density at radius 3 is 2.54 bits per heavy atom. The molecule has 0 radical (unpaired) electrons. The number of alkyl halides is 1. The van der Waals surface area contributed by atoms with Crippen molar-refractivity contribution in [1.29, 1.82) is 0 Å². The van der Waals surface area contributed by atoms with Crippen LogP contribution in [0.1, 0.15) is 45.4 Å². The summed E-state index contributed by atoms with van der Waals surface area (Å²) >= 11 is 6.02. The van der Waals surface area contributed by atoms with Crippen molar-refractivity contribution in [1.82, 2.24) is 0 Å². The van der Waals surface area contributed by atoms with Crippen molar-refractivity contribution < 1.29 is 0 Å². The molecule has 0 heterocycles. The minimum Gasteiger partial charge on any atom is -0.118 e. The van der Waals surface area contributed by atoms with Gasteiger partial charge in [0.05, 0.1) is 5.38 Å². The standard InChI is InChI=1S/C12H21Cl/c1-3-5-6-7-8-9-11-12(13)10-4-2/h3-4,10,12H,1,5-9,11H2,2H3/b10-4+. The lowest BCUT2D eigenvalue weighted by atomic mass is 10.1. The molecule has 0 aliphatic heterocycles. The molecule has 0 amide bonds. The molecule has 1 atom stereocenters. The lowest BCUT2D eigenvalue weighted by Crippen LogP contribution is -1.92. The molecular formula is C12H21Cl. The van der Waals surface area contributed by atoms with Gasteiger partial charge in [0.25, 0.3) is 0 Å². The molecule has 0 saturated carbocycles. The molecule has 0 rings (SSSR count). The highest BCUT2D eigenvalue weighted by Gasteiger charge is 1.97. The van der Waals surface area contributed by atoms with Gasteiger partial charge in [-0.05, 0) is 26.2 Å². The van der Waals surface area contributed by atoms with Gasteiger partial charge in [0.1, 0.15) is 0 Å². The third-order valence-electron chi connectivity index (χ3n) is 2.04. The molecule has 0 bridgehead atoms. The fourth-order valence-corrected chi connectivity index (χ4v) is 1.59. The van der Waals surface area contributed by atoms with E-state index in [1.54, 1.807) is 0 Å². The molecule has 0 aromatic carbocycles. The van der Waals surface area contributed by atoms with Crippen LogP contribution in [0.25, 0.3) is 0 Å². The number of halogens is 1. The second kappa shape index (κ2) is 9.85. The molecule has 0 nitrogen and oxygen atoms in total. The monoisotopic (exact) mass is 200 g/mol. The quantitative estimate of drug-likeness (QED) is 0.303. The van der Waals surface area contributed by atoms with Gasteiger partial charge in [-0.3, -0.25) is 0 Å². The highest BCUT2D eigenvalue weighted by molar-refractivity contribution is 6.21. The summed E-state index contributed by atoms with van der Waals surface area (Å²) in [5.74, 6) is 0. The topological polar surface area (TPSA) is 0 Å². The Bertz CT molecular complexity index is 138. The zero-order valence-electron chi connectivity index (χ0n) is 8.64. The second-order valence-corrected chi connectivity index (χ2v) is 3.88. The van der Waals surface area contributed by atoms with Crippen LogP contribution in [-0.4, -0.2) is 5.38 Å². The summed E-state index contributed by atoms with van der Waals surface area (Å²) in [6, 6.07) is 0. The van der Waals surface area contributed by atoms with Crippen LogP contribution in [0.4, 0.5) is 0 Å². The van der Waals surface area contributed by atoms with E-state index in [4.69, 9.17) is 11.6 Å². The van der Waals surface area contributed by atoms with Crippen LogP contribution in [0.5, 0.6) is 0 Å². The Morgan fingerprint density at radius 1 is 1.23 bits per heavy atom. The van der Waals surface area contributed by atoms with Gasteiger partial charge >= 0.3 is 0 Å². The van der Waals surface area contributed by atoms with Crippen LogP contribution in [0, 0.1) is 0 Å². The molecule has 0 saturated heterocycles. The SMILES string of the molecule is C=CCCCCCCC(Cl)/C=C/C. The van der Waals surface area contributed by atoms with Gasteiger partial charge in [-0.15, -0.1) is 18.2 Å². The Labute approximate surface area is 87.7 Å². The largest absolute Gasteiger partial charge is 0.118 e. The number of hydrogen-bond donors (Lipinski definition) is 0. The van der Waals surface area contributed by atoms with E-state index in [2.05, 4.69) is 12.7 Å². The zero-order valence-corrected chi connectivity index (χ0v) is 9.39. The van der Waals surface area contributed by atoms with Crippen LogP contribution in [-0.2, 0) is 0 Å². The predicted molar refractivity (Wildman–Crippen MR) is 62.4 cm³/mol. The van der Waals surface area contributed by atoms with Gasteiger partial charge in [0, 0.05) is 0 Å². The van der Waals surface area contributed by atoms with Crippen LogP contribution in [0.2, 0.25) is 0 Å². The van der Waals surface area contributed by atoms with E-state index in [9.17, 15) is 0 Å². The molecule has 13 heavy (non-hydrogen) atoms. The van der Waals surface area contributed by atoms with Gasteiger partial charge < -0.3 is 0 Å². The van der Waals surface area contributed by atoms with Crippen LogP contribution in [0.15, 0.2) is 24.8 Å². The smallest absolute Gasteiger partial charge is 0.0515 e. The van der Waals surface area contributed by atoms with Crippen molar-refractivity contribution in [2.45, 2.75) is 50.8 Å². The Hall–Kier alpha value is -0.230. The summed E-state index contributed by atoms with van der Waals surface area (Å²) in [7, 11) is 0. The highest BCUT2D eigenvalue weighted by atomic mass is 35.5. The summed E-state index contributed by atoms with van der Waals surface area (Å²) in [6.45, 7) is 5.71. The Morgan fingerprint density at radius 2 is 1.92 bits per heavy atom. The molecule has 0 spiro atoms. The Kier molecular flexibility index (Phi) is 9.68. The summed E-state index contributed by atoms with van der Waals surface area (Å²) in [6.07, 6.45) is 13.5. The van der Waals surface area contributed by atoms with E-state index >= 15 is 0 Å². The first kappa shape index (κ1) is 12.8. The molecule has 0 aliphatic rings. The van der Waals surface area contributed by atoms with Gasteiger partial charge in [0.15, 0.2) is 0 Å². The lowest BCUT2D eigenvalue weighted by molar-refractivity contribution is 0.624. The van der Waals surface area contributed by atoms with Crippen LogP contribution in [0.3, 0.4) is 0 Å². The van der Waals surface area contributed by atoms with Gasteiger partial charge in [-0.2, -0.15) is 0 Å².